The predicted octanol–water partition coefficient (Wildman–Crippen LogP) is 2.74. The van der Waals surface area contributed by atoms with Crippen molar-refractivity contribution in [2.75, 3.05) is 26.3 Å². The van der Waals surface area contributed by atoms with Gasteiger partial charge in [0.2, 0.25) is 5.91 Å². The molecule has 134 valence electrons. The maximum absolute atomic E-state index is 12.0. The quantitative estimate of drug-likeness (QED) is 0.827. The first-order valence-electron chi connectivity index (χ1n) is 8.13. The van der Waals surface area contributed by atoms with E-state index in [2.05, 4.69) is 27.1 Å². The molecule has 4 nitrogen and oxygen atoms in total. The molecular formula is C17H23F3N2O2. The van der Waals surface area contributed by atoms with Crippen LogP contribution in [-0.2, 0) is 16.1 Å². The number of carbonyl (C=O) groups is 1. The molecule has 0 aliphatic carbocycles. The van der Waals surface area contributed by atoms with Crippen molar-refractivity contribution in [2.45, 2.75) is 38.0 Å². The topological polar surface area (TPSA) is 41.6 Å². The Hall–Kier alpha value is -1.60. The Balaban J connectivity index is 1.75. The first kappa shape index (κ1) is 18.7. The second kappa shape index (κ2) is 9.03. The molecule has 1 aromatic carbocycles. The summed E-state index contributed by atoms with van der Waals surface area (Å²) in [7, 11) is 0. The van der Waals surface area contributed by atoms with E-state index in [1.807, 2.05) is 18.2 Å². The van der Waals surface area contributed by atoms with Gasteiger partial charge in [-0.25, -0.2) is 0 Å². The van der Waals surface area contributed by atoms with Gasteiger partial charge in [-0.15, -0.1) is 0 Å². The van der Waals surface area contributed by atoms with E-state index in [0.29, 0.717) is 6.54 Å². The van der Waals surface area contributed by atoms with Crippen molar-refractivity contribution < 1.29 is 22.7 Å². The van der Waals surface area contributed by atoms with Crippen molar-refractivity contribution in [2.24, 2.45) is 0 Å². The maximum atomic E-state index is 12.0. The van der Waals surface area contributed by atoms with Crippen molar-refractivity contribution in [3.8, 4) is 0 Å². The minimum Gasteiger partial charge on any atom is -0.362 e. The first-order valence-corrected chi connectivity index (χ1v) is 8.13. The minimum atomic E-state index is -4.41. The number of nitrogens with zero attached hydrogens (tertiary/aromatic N) is 1. The molecule has 1 aromatic rings. The highest BCUT2D eigenvalue weighted by Gasteiger charge is 2.28. The van der Waals surface area contributed by atoms with E-state index in [-0.39, 0.29) is 6.04 Å². The Kier molecular flexibility index (Phi) is 7.05. The number of piperidine rings is 1. The number of alkyl halides is 3. The van der Waals surface area contributed by atoms with Crippen LogP contribution in [0.1, 0.15) is 24.8 Å². The SMILES string of the molecule is O=C(COCC(F)(F)F)NCC1CCCCN1Cc1ccccc1. The summed E-state index contributed by atoms with van der Waals surface area (Å²) < 4.78 is 40.3. The van der Waals surface area contributed by atoms with Crippen molar-refractivity contribution in [1.29, 1.82) is 0 Å². The van der Waals surface area contributed by atoms with Crippen molar-refractivity contribution in [3.63, 3.8) is 0 Å². The molecular weight excluding hydrogens is 321 g/mol. The number of likely N-dealkylation sites (tertiary alicyclic amines) is 1. The summed E-state index contributed by atoms with van der Waals surface area (Å²) in [5, 5.41) is 2.68. The monoisotopic (exact) mass is 344 g/mol. The van der Waals surface area contributed by atoms with Crippen LogP contribution in [0.25, 0.3) is 0 Å². The lowest BCUT2D eigenvalue weighted by Gasteiger charge is -2.35. The lowest BCUT2D eigenvalue weighted by atomic mass is 10.0. The Morgan fingerprint density at radius 1 is 1.25 bits per heavy atom. The molecule has 1 atom stereocenters. The minimum absolute atomic E-state index is 0.200. The number of halogens is 3. The number of benzene rings is 1. The number of nitrogens with one attached hydrogen (secondary N) is 1. The van der Waals surface area contributed by atoms with E-state index in [0.717, 1.165) is 32.4 Å². The van der Waals surface area contributed by atoms with E-state index < -0.39 is 25.3 Å². The van der Waals surface area contributed by atoms with Crippen LogP contribution in [0.15, 0.2) is 30.3 Å². The van der Waals surface area contributed by atoms with Gasteiger partial charge in [-0.1, -0.05) is 36.8 Å². The molecule has 1 unspecified atom stereocenters. The third kappa shape index (κ3) is 6.88. The van der Waals surface area contributed by atoms with Crippen molar-refractivity contribution in [3.05, 3.63) is 35.9 Å². The third-order valence-electron chi connectivity index (χ3n) is 4.01. The van der Waals surface area contributed by atoms with E-state index in [1.54, 1.807) is 0 Å². The molecule has 1 fully saturated rings. The second-order valence-electron chi connectivity index (χ2n) is 6.02. The summed E-state index contributed by atoms with van der Waals surface area (Å²) >= 11 is 0. The normalized spacial score (nSPS) is 19.2. The van der Waals surface area contributed by atoms with Gasteiger partial charge in [0.1, 0.15) is 13.2 Å². The average molecular weight is 344 g/mol. The summed E-state index contributed by atoms with van der Waals surface area (Å²) in [6, 6.07) is 10.3. The summed E-state index contributed by atoms with van der Waals surface area (Å²) in [5.41, 5.74) is 1.21. The molecule has 1 amide bonds. The fraction of sp³-hybridized carbons (Fsp3) is 0.588. The number of amides is 1. The highest BCUT2D eigenvalue weighted by atomic mass is 19.4. The van der Waals surface area contributed by atoms with E-state index in [9.17, 15) is 18.0 Å². The molecule has 24 heavy (non-hydrogen) atoms. The number of rotatable bonds is 7. The number of hydrogen-bond donors (Lipinski definition) is 1. The maximum Gasteiger partial charge on any atom is 0.411 e. The Morgan fingerprint density at radius 3 is 2.71 bits per heavy atom. The van der Waals surface area contributed by atoms with Gasteiger partial charge in [0.25, 0.3) is 0 Å². The summed E-state index contributed by atoms with van der Waals surface area (Å²) in [4.78, 5) is 13.9. The zero-order chi connectivity index (χ0) is 17.4. The predicted molar refractivity (Wildman–Crippen MR) is 84.4 cm³/mol. The van der Waals surface area contributed by atoms with Crippen LogP contribution in [0.2, 0.25) is 0 Å². The molecule has 0 aromatic heterocycles. The van der Waals surface area contributed by atoms with Gasteiger partial charge >= 0.3 is 6.18 Å². The van der Waals surface area contributed by atoms with Crippen molar-refractivity contribution in [1.82, 2.24) is 10.2 Å². The first-order chi connectivity index (χ1) is 11.4. The molecule has 1 N–H and O–H groups in total. The fourth-order valence-electron chi connectivity index (χ4n) is 2.86. The molecule has 1 saturated heterocycles. The molecule has 0 spiro atoms. The zero-order valence-corrected chi connectivity index (χ0v) is 13.5. The van der Waals surface area contributed by atoms with Gasteiger partial charge in [0.15, 0.2) is 0 Å². The van der Waals surface area contributed by atoms with E-state index in [1.165, 1.54) is 5.56 Å². The van der Waals surface area contributed by atoms with Crippen LogP contribution in [0.5, 0.6) is 0 Å². The number of carbonyl (C=O) groups excluding carboxylic acids is 1. The van der Waals surface area contributed by atoms with Gasteiger partial charge < -0.3 is 10.1 Å². The standard InChI is InChI=1S/C17H23F3N2O2/c18-17(19,20)13-24-12-16(23)21-10-15-8-4-5-9-22(15)11-14-6-2-1-3-7-14/h1-3,6-7,15H,4-5,8-13H2,(H,21,23). The molecule has 1 heterocycles. The highest BCUT2D eigenvalue weighted by Crippen LogP contribution is 2.19. The Labute approximate surface area is 140 Å². The molecule has 0 bridgehead atoms. The average Bonchev–Trinajstić information content (AvgIpc) is 2.54. The van der Waals surface area contributed by atoms with Crippen LogP contribution < -0.4 is 5.32 Å². The van der Waals surface area contributed by atoms with Crippen LogP contribution in [0.3, 0.4) is 0 Å². The van der Waals surface area contributed by atoms with Gasteiger partial charge in [-0.05, 0) is 24.9 Å². The summed E-state index contributed by atoms with van der Waals surface area (Å²) in [5.74, 6) is -0.510. The highest BCUT2D eigenvalue weighted by molar-refractivity contribution is 5.77. The van der Waals surface area contributed by atoms with Gasteiger partial charge in [-0.2, -0.15) is 13.2 Å². The van der Waals surface area contributed by atoms with Crippen LogP contribution in [0.4, 0.5) is 13.2 Å². The zero-order valence-electron chi connectivity index (χ0n) is 13.5. The molecule has 2 rings (SSSR count). The van der Waals surface area contributed by atoms with Crippen LogP contribution in [0, 0.1) is 0 Å². The smallest absolute Gasteiger partial charge is 0.362 e. The number of ether oxygens (including phenoxy) is 1. The fourth-order valence-corrected chi connectivity index (χ4v) is 2.86. The second-order valence-corrected chi connectivity index (χ2v) is 6.02. The molecule has 0 saturated carbocycles. The number of hydrogen-bond acceptors (Lipinski definition) is 3. The molecule has 1 aliphatic rings. The van der Waals surface area contributed by atoms with Crippen LogP contribution in [-0.4, -0.2) is 49.3 Å². The van der Waals surface area contributed by atoms with Gasteiger partial charge in [0, 0.05) is 19.1 Å². The molecule has 1 aliphatic heterocycles. The lowest BCUT2D eigenvalue weighted by molar-refractivity contribution is -0.175. The van der Waals surface area contributed by atoms with E-state index in [4.69, 9.17) is 0 Å². The van der Waals surface area contributed by atoms with E-state index >= 15 is 0 Å². The van der Waals surface area contributed by atoms with Gasteiger partial charge in [-0.3, -0.25) is 9.69 Å². The third-order valence-corrected chi connectivity index (χ3v) is 4.01. The van der Waals surface area contributed by atoms with Gasteiger partial charge in [0.05, 0.1) is 0 Å². The largest absolute Gasteiger partial charge is 0.411 e. The lowest BCUT2D eigenvalue weighted by Crippen LogP contribution is -2.46. The summed E-state index contributed by atoms with van der Waals surface area (Å²) in [6.45, 7) is 0.238. The summed E-state index contributed by atoms with van der Waals surface area (Å²) in [6.07, 6.45) is -1.23. The Morgan fingerprint density at radius 2 is 2.00 bits per heavy atom. The molecule has 0 radical (unpaired) electrons. The Bertz CT molecular complexity index is 508. The van der Waals surface area contributed by atoms with Crippen LogP contribution >= 0.6 is 0 Å². The molecule has 7 heteroatoms. The van der Waals surface area contributed by atoms with Crippen molar-refractivity contribution >= 4 is 5.91 Å².